The smallest absolute Gasteiger partial charge is 0.320 e. The first-order chi connectivity index (χ1) is 30.5. The molecule has 1 N–H and O–H groups in total. The number of ketones is 1. The van der Waals surface area contributed by atoms with Crippen molar-refractivity contribution >= 4 is 35.5 Å². The SMILES string of the molecule is CC[C@H]1OC(=O)[C@H](C)[C@@H](O[C@H]2C[C@@](C)(OC)[C@@H](OC(C)=O)[C@H](C)O2)[C@H](C)[C@@H](O[C@@H]2O[C@H](C)C[C@H](C)[C@H]2O)[C@](C)(OC)C[C@@H](C)C(=O)[C@H](C)[C@H]2C(SCc3ccc(OC)cc3)C(=O)O[C@@]21C. The maximum absolute atomic E-state index is 15.0. The Labute approximate surface area is 390 Å². The number of hydrogen-bond donors (Lipinski definition) is 1. The van der Waals surface area contributed by atoms with Crippen molar-refractivity contribution in [3.05, 3.63) is 29.8 Å². The Hall–Kier alpha value is -2.83. The fraction of sp³-hybridized carbons (Fsp3) is 0.796. The summed E-state index contributed by atoms with van der Waals surface area (Å²) >= 11 is 1.40. The predicted octanol–water partition coefficient (Wildman–Crippen LogP) is 6.85. The van der Waals surface area contributed by atoms with Crippen LogP contribution in [-0.4, -0.2) is 127 Å². The molecule has 368 valence electrons. The number of esters is 3. The van der Waals surface area contributed by atoms with Crippen LogP contribution in [-0.2, 0) is 67.6 Å². The van der Waals surface area contributed by atoms with Crippen LogP contribution >= 0.6 is 11.8 Å². The van der Waals surface area contributed by atoms with Gasteiger partial charge in [-0.25, -0.2) is 0 Å². The van der Waals surface area contributed by atoms with Crippen LogP contribution in [0.2, 0.25) is 0 Å². The first-order valence-corrected chi connectivity index (χ1v) is 24.3. The highest BCUT2D eigenvalue weighted by molar-refractivity contribution is 7.99. The van der Waals surface area contributed by atoms with E-state index in [1.807, 2.05) is 79.7 Å². The van der Waals surface area contributed by atoms with E-state index in [9.17, 15) is 19.5 Å². The van der Waals surface area contributed by atoms with Crippen LogP contribution in [0.15, 0.2) is 24.3 Å². The van der Waals surface area contributed by atoms with Crippen LogP contribution in [0.5, 0.6) is 5.75 Å². The predicted molar refractivity (Wildman–Crippen MR) is 242 cm³/mol. The van der Waals surface area contributed by atoms with Gasteiger partial charge < -0.3 is 52.5 Å². The molecule has 0 bridgehead atoms. The Morgan fingerprint density at radius 3 is 2.06 bits per heavy atom. The number of thioether (sulfide) groups is 1. The Kier molecular flexibility index (Phi) is 17.7. The zero-order valence-electron chi connectivity index (χ0n) is 41.2. The van der Waals surface area contributed by atoms with Gasteiger partial charge in [-0.2, -0.15) is 0 Å². The fourth-order valence-electron chi connectivity index (χ4n) is 10.9. The number of ether oxygens (including phenoxy) is 10. The molecule has 4 fully saturated rings. The van der Waals surface area contributed by atoms with Gasteiger partial charge in [-0.1, -0.05) is 46.8 Å². The number of fused-ring (bicyclic) bond motifs is 1. The van der Waals surface area contributed by atoms with E-state index in [4.69, 9.17) is 47.4 Å². The number of methoxy groups -OCH3 is 3. The molecule has 4 heterocycles. The van der Waals surface area contributed by atoms with Crippen LogP contribution in [0.25, 0.3) is 0 Å². The van der Waals surface area contributed by atoms with Gasteiger partial charge in [0.15, 0.2) is 24.3 Å². The summed E-state index contributed by atoms with van der Waals surface area (Å²) in [7, 11) is 4.68. The van der Waals surface area contributed by atoms with Crippen LogP contribution in [0, 0.1) is 35.5 Å². The summed E-state index contributed by atoms with van der Waals surface area (Å²) in [6.07, 6.45) is -6.46. The molecule has 1 unspecified atom stereocenters. The summed E-state index contributed by atoms with van der Waals surface area (Å²) in [6.45, 7) is 21.5. The standard InChI is InChI=1S/C49H76O15S/c1-16-35-49(12)37(41(45(54)64-49)65-24-33-17-19-34(55-13)20-18-33)28(5)38(51)26(3)22-47(10,56-14)42(63-46-39(52)25(2)21-27(4)58-46)29(6)40(30(7)44(53)61-35)62-36-23-48(11,57-15)43(31(8)59-36)60-32(9)50/h17-20,25-31,35-37,39-43,46,52H,16,21-24H2,1-15H3/t25-,26+,27+,28+,29-,30+,31-,35+,36-,37-,39+,40-,41?,42+,43-,46-,47+,48+,49+/m0/s1. The van der Waals surface area contributed by atoms with Gasteiger partial charge in [0.2, 0.25) is 0 Å². The molecule has 19 atom stereocenters. The van der Waals surface area contributed by atoms with Crippen molar-refractivity contribution in [2.45, 2.75) is 192 Å². The van der Waals surface area contributed by atoms with E-state index in [1.165, 1.54) is 25.8 Å². The van der Waals surface area contributed by atoms with Gasteiger partial charge in [-0.05, 0) is 84.4 Å². The van der Waals surface area contributed by atoms with E-state index in [-0.39, 0.29) is 37.1 Å². The molecular formula is C49H76O15S. The lowest BCUT2D eigenvalue weighted by Crippen LogP contribution is -2.60. The van der Waals surface area contributed by atoms with E-state index in [2.05, 4.69) is 0 Å². The number of rotatable bonds is 12. The molecule has 0 spiro atoms. The number of Topliss-reactive ketones (excluding diaryl/α,β-unsaturated/α-hetero) is 1. The van der Waals surface area contributed by atoms with E-state index in [0.29, 0.717) is 17.9 Å². The van der Waals surface area contributed by atoms with Crippen molar-refractivity contribution in [3.63, 3.8) is 0 Å². The normalized spacial score (nSPS) is 43.2. The molecule has 0 saturated carbocycles. The molecule has 0 radical (unpaired) electrons. The van der Waals surface area contributed by atoms with Crippen molar-refractivity contribution in [1.29, 1.82) is 0 Å². The summed E-state index contributed by atoms with van der Waals surface area (Å²) in [5.74, 6) is -4.50. The molecule has 0 aliphatic carbocycles. The average molecular weight is 937 g/mol. The highest BCUT2D eigenvalue weighted by Gasteiger charge is 2.62. The van der Waals surface area contributed by atoms with Crippen LogP contribution < -0.4 is 4.74 Å². The molecule has 1 aromatic rings. The van der Waals surface area contributed by atoms with Crippen molar-refractivity contribution in [2.24, 2.45) is 35.5 Å². The highest BCUT2D eigenvalue weighted by Crippen LogP contribution is 2.50. The van der Waals surface area contributed by atoms with Gasteiger partial charge in [-0.15, -0.1) is 11.8 Å². The number of benzene rings is 1. The summed E-state index contributed by atoms with van der Waals surface area (Å²) in [4.78, 5) is 56.3. The zero-order valence-corrected chi connectivity index (χ0v) is 42.0. The number of carbonyl (C=O) groups excluding carboxylic acids is 4. The van der Waals surface area contributed by atoms with Gasteiger partial charge in [0.1, 0.15) is 34.6 Å². The average Bonchev–Trinajstić information content (AvgIpc) is 3.53. The summed E-state index contributed by atoms with van der Waals surface area (Å²) in [5.41, 5.74) is -2.71. The minimum absolute atomic E-state index is 0.120. The number of carbonyl (C=O) groups is 4. The van der Waals surface area contributed by atoms with Crippen molar-refractivity contribution in [2.75, 3.05) is 21.3 Å². The van der Waals surface area contributed by atoms with Crippen LogP contribution in [0.1, 0.15) is 114 Å². The second-order valence-electron chi connectivity index (χ2n) is 19.7. The molecular weight excluding hydrogens is 861 g/mol. The quantitative estimate of drug-likeness (QED) is 0.170. The minimum Gasteiger partial charge on any atom is -0.497 e. The van der Waals surface area contributed by atoms with Gasteiger partial charge in [0, 0.05) is 57.0 Å². The van der Waals surface area contributed by atoms with Crippen molar-refractivity contribution in [3.8, 4) is 5.75 Å². The molecule has 15 nitrogen and oxygen atoms in total. The third-order valence-corrected chi connectivity index (χ3v) is 16.1. The lowest BCUT2D eigenvalue weighted by atomic mass is 9.70. The van der Waals surface area contributed by atoms with E-state index in [1.54, 1.807) is 35.0 Å². The topological polar surface area (TPSA) is 181 Å². The van der Waals surface area contributed by atoms with E-state index >= 15 is 4.79 Å². The molecule has 0 amide bonds. The molecule has 5 rings (SSSR count). The van der Waals surface area contributed by atoms with Gasteiger partial charge in [0.25, 0.3) is 0 Å². The second kappa shape index (κ2) is 21.6. The Morgan fingerprint density at radius 1 is 0.846 bits per heavy atom. The highest BCUT2D eigenvalue weighted by atomic mass is 32.2. The van der Waals surface area contributed by atoms with E-state index in [0.717, 1.165) is 5.56 Å². The van der Waals surface area contributed by atoms with E-state index < -0.39 is 119 Å². The molecule has 0 aromatic heterocycles. The minimum atomic E-state index is -1.38. The number of aliphatic hydroxyl groups excluding tert-OH is 1. The lowest BCUT2D eigenvalue weighted by Gasteiger charge is -2.49. The third-order valence-electron chi connectivity index (χ3n) is 14.8. The first kappa shape index (κ1) is 53.1. The summed E-state index contributed by atoms with van der Waals surface area (Å²) in [5, 5.41) is 10.8. The van der Waals surface area contributed by atoms with Crippen LogP contribution in [0.3, 0.4) is 0 Å². The Bertz CT molecular complexity index is 1800. The lowest BCUT2D eigenvalue weighted by molar-refractivity contribution is -0.319. The monoisotopic (exact) mass is 936 g/mol. The fourth-order valence-corrected chi connectivity index (χ4v) is 12.4. The van der Waals surface area contributed by atoms with Gasteiger partial charge >= 0.3 is 17.9 Å². The van der Waals surface area contributed by atoms with Gasteiger partial charge in [0.05, 0.1) is 43.0 Å². The Morgan fingerprint density at radius 2 is 1.48 bits per heavy atom. The van der Waals surface area contributed by atoms with Crippen molar-refractivity contribution < 1.29 is 71.7 Å². The third kappa shape index (κ3) is 11.4. The zero-order chi connectivity index (χ0) is 48.3. The van der Waals surface area contributed by atoms with Crippen LogP contribution in [0.4, 0.5) is 0 Å². The maximum atomic E-state index is 15.0. The molecule has 4 saturated heterocycles. The molecule has 4 aliphatic rings. The number of hydrogen-bond acceptors (Lipinski definition) is 16. The summed E-state index contributed by atoms with van der Waals surface area (Å²) < 4.78 is 62.9. The largest absolute Gasteiger partial charge is 0.497 e. The molecule has 4 aliphatic heterocycles. The molecule has 65 heavy (non-hydrogen) atoms. The summed E-state index contributed by atoms with van der Waals surface area (Å²) in [6, 6.07) is 7.58. The Balaban J connectivity index is 1.61. The molecule has 1 aromatic carbocycles. The molecule has 16 heteroatoms. The maximum Gasteiger partial charge on any atom is 0.320 e. The second-order valence-corrected chi connectivity index (χ2v) is 20.8. The number of aliphatic hydroxyl groups is 1. The number of cyclic esters (lactones) is 1. The first-order valence-electron chi connectivity index (χ1n) is 23.3. The van der Waals surface area contributed by atoms with Gasteiger partial charge in [-0.3, -0.25) is 19.2 Å². The van der Waals surface area contributed by atoms with Crippen molar-refractivity contribution in [1.82, 2.24) is 0 Å².